The molecule has 0 radical (unpaired) electrons. The molecule has 3 heteroatoms. The van der Waals surface area contributed by atoms with Gasteiger partial charge in [-0.1, -0.05) is 6.07 Å². The molecule has 0 amide bonds. The lowest BCUT2D eigenvalue weighted by Crippen LogP contribution is -2.44. The van der Waals surface area contributed by atoms with Gasteiger partial charge in [-0.15, -0.1) is 0 Å². The number of piperazine rings is 1. The molecule has 1 aromatic carbocycles. The molecule has 1 aliphatic rings. The number of phenols is 1. The highest BCUT2D eigenvalue weighted by Gasteiger charge is 2.10. The summed E-state index contributed by atoms with van der Waals surface area (Å²) in [6.07, 6.45) is 1.02. The molecular weight excluding hydrogens is 212 g/mol. The van der Waals surface area contributed by atoms with Gasteiger partial charge < -0.3 is 15.3 Å². The van der Waals surface area contributed by atoms with Gasteiger partial charge in [-0.05, 0) is 43.0 Å². The third-order valence-corrected chi connectivity index (χ3v) is 3.63. The summed E-state index contributed by atoms with van der Waals surface area (Å²) in [6.45, 7) is 9.57. The molecule has 1 aromatic rings. The zero-order valence-electron chi connectivity index (χ0n) is 10.8. The third-order valence-electron chi connectivity index (χ3n) is 3.63. The topological polar surface area (TPSA) is 35.5 Å². The van der Waals surface area contributed by atoms with Gasteiger partial charge in [-0.3, -0.25) is 0 Å². The lowest BCUT2D eigenvalue weighted by molar-refractivity contribution is 0.244. The fourth-order valence-electron chi connectivity index (χ4n) is 2.28. The van der Waals surface area contributed by atoms with Crippen molar-refractivity contribution in [1.29, 1.82) is 0 Å². The Hall–Kier alpha value is -1.06. The van der Waals surface area contributed by atoms with Crippen LogP contribution in [0.4, 0.5) is 0 Å². The standard InChI is InChI=1S/C14H22N2O/c1-11-9-13(10-14(17)12(11)2)3-6-16-7-4-15-5-8-16/h9-10,15,17H,3-8H2,1-2H3. The SMILES string of the molecule is Cc1cc(CCN2CCNCC2)cc(O)c1C. The molecule has 1 saturated heterocycles. The van der Waals surface area contributed by atoms with Crippen LogP contribution < -0.4 is 5.32 Å². The molecule has 2 N–H and O–H groups in total. The number of hydrogen-bond donors (Lipinski definition) is 2. The van der Waals surface area contributed by atoms with E-state index in [2.05, 4.69) is 23.2 Å². The lowest BCUT2D eigenvalue weighted by Gasteiger charge is -2.27. The maximum Gasteiger partial charge on any atom is 0.119 e. The second-order valence-corrected chi connectivity index (χ2v) is 4.90. The number of hydrogen-bond acceptors (Lipinski definition) is 3. The van der Waals surface area contributed by atoms with Gasteiger partial charge in [-0.2, -0.15) is 0 Å². The molecule has 0 bridgehead atoms. The summed E-state index contributed by atoms with van der Waals surface area (Å²) in [5.41, 5.74) is 3.42. The van der Waals surface area contributed by atoms with Crippen LogP contribution in [0, 0.1) is 13.8 Å². The molecule has 0 unspecified atom stereocenters. The van der Waals surface area contributed by atoms with E-state index in [0.717, 1.165) is 44.7 Å². The Kier molecular flexibility index (Phi) is 4.02. The molecule has 0 saturated carbocycles. The Bertz CT molecular complexity index is 361. The first-order chi connectivity index (χ1) is 8.16. The fourth-order valence-corrected chi connectivity index (χ4v) is 2.28. The number of rotatable bonds is 3. The van der Waals surface area contributed by atoms with Gasteiger partial charge in [0.25, 0.3) is 0 Å². The zero-order valence-corrected chi connectivity index (χ0v) is 10.8. The number of nitrogens with one attached hydrogen (secondary N) is 1. The maximum atomic E-state index is 9.79. The second-order valence-electron chi connectivity index (χ2n) is 4.90. The van der Waals surface area contributed by atoms with E-state index in [4.69, 9.17) is 0 Å². The number of aromatic hydroxyl groups is 1. The van der Waals surface area contributed by atoms with Crippen LogP contribution in [0.15, 0.2) is 12.1 Å². The summed E-state index contributed by atoms with van der Waals surface area (Å²) in [6, 6.07) is 4.10. The first-order valence-corrected chi connectivity index (χ1v) is 6.39. The van der Waals surface area contributed by atoms with Crippen molar-refractivity contribution < 1.29 is 5.11 Å². The van der Waals surface area contributed by atoms with Crippen molar-refractivity contribution in [3.63, 3.8) is 0 Å². The summed E-state index contributed by atoms with van der Waals surface area (Å²) in [4.78, 5) is 2.47. The van der Waals surface area contributed by atoms with Crippen LogP contribution in [-0.4, -0.2) is 42.7 Å². The van der Waals surface area contributed by atoms with Crippen LogP contribution in [0.1, 0.15) is 16.7 Å². The Balaban J connectivity index is 1.94. The van der Waals surface area contributed by atoms with E-state index in [9.17, 15) is 5.11 Å². The molecule has 0 aliphatic carbocycles. The quantitative estimate of drug-likeness (QED) is 0.831. The van der Waals surface area contributed by atoms with Crippen LogP contribution in [0.25, 0.3) is 0 Å². The monoisotopic (exact) mass is 234 g/mol. The summed E-state index contributed by atoms with van der Waals surface area (Å²) in [5, 5.41) is 13.2. The van der Waals surface area contributed by atoms with Crippen molar-refractivity contribution in [3.8, 4) is 5.75 Å². The Labute approximate surface area is 103 Å². The molecule has 1 aliphatic heterocycles. The predicted molar refractivity (Wildman–Crippen MR) is 70.6 cm³/mol. The van der Waals surface area contributed by atoms with Crippen molar-refractivity contribution in [2.24, 2.45) is 0 Å². The maximum absolute atomic E-state index is 9.79. The first kappa shape index (κ1) is 12.4. The molecule has 3 nitrogen and oxygen atoms in total. The van der Waals surface area contributed by atoms with Crippen molar-refractivity contribution in [1.82, 2.24) is 10.2 Å². The van der Waals surface area contributed by atoms with E-state index < -0.39 is 0 Å². The van der Waals surface area contributed by atoms with E-state index in [1.54, 1.807) is 0 Å². The molecule has 2 rings (SSSR count). The minimum Gasteiger partial charge on any atom is -0.508 e. The van der Waals surface area contributed by atoms with Gasteiger partial charge in [0.2, 0.25) is 0 Å². The minimum absolute atomic E-state index is 0.431. The highest BCUT2D eigenvalue weighted by atomic mass is 16.3. The summed E-state index contributed by atoms with van der Waals surface area (Å²) < 4.78 is 0. The molecule has 0 aromatic heterocycles. The summed E-state index contributed by atoms with van der Waals surface area (Å²) in [7, 11) is 0. The average Bonchev–Trinajstić information content (AvgIpc) is 2.34. The van der Waals surface area contributed by atoms with Gasteiger partial charge in [0, 0.05) is 32.7 Å². The van der Waals surface area contributed by atoms with Crippen LogP contribution in [0.3, 0.4) is 0 Å². The Morgan fingerprint density at radius 1 is 1.24 bits per heavy atom. The number of aryl methyl sites for hydroxylation is 1. The summed E-state index contributed by atoms with van der Waals surface area (Å²) in [5.74, 6) is 0.431. The normalized spacial score (nSPS) is 17.3. The van der Waals surface area contributed by atoms with Gasteiger partial charge in [0.15, 0.2) is 0 Å². The fraction of sp³-hybridized carbons (Fsp3) is 0.571. The summed E-state index contributed by atoms with van der Waals surface area (Å²) >= 11 is 0. The van der Waals surface area contributed by atoms with E-state index in [0.29, 0.717) is 5.75 Å². The van der Waals surface area contributed by atoms with E-state index in [1.807, 2.05) is 13.0 Å². The molecule has 17 heavy (non-hydrogen) atoms. The largest absolute Gasteiger partial charge is 0.508 e. The number of benzene rings is 1. The number of nitrogens with zero attached hydrogens (tertiary/aromatic N) is 1. The van der Waals surface area contributed by atoms with Gasteiger partial charge in [-0.25, -0.2) is 0 Å². The highest BCUT2D eigenvalue weighted by Crippen LogP contribution is 2.22. The predicted octanol–water partition coefficient (Wildman–Crippen LogP) is 1.46. The average molecular weight is 234 g/mol. The van der Waals surface area contributed by atoms with Gasteiger partial charge >= 0.3 is 0 Å². The molecule has 1 fully saturated rings. The van der Waals surface area contributed by atoms with Gasteiger partial charge in [0.1, 0.15) is 5.75 Å². The van der Waals surface area contributed by atoms with E-state index >= 15 is 0 Å². The molecule has 1 heterocycles. The molecular formula is C14H22N2O. The van der Waals surface area contributed by atoms with Crippen molar-refractivity contribution in [2.45, 2.75) is 20.3 Å². The minimum atomic E-state index is 0.431. The van der Waals surface area contributed by atoms with Crippen LogP contribution >= 0.6 is 0 Å². The molecule has 94 valence electrons. The second kappa shape index (κ2) is 5.52. The van der Waals surface area contributed by atoms with Crippen molar-refractivity contribution in [3.05, 3.63) is 28.8 Å². The highest BCUT2D eigenvalue weighted by molar-refractivity contribution is 5.41. The number of phenolic OH excluding ortho intramolecular Hbond substituents is 1. The zero-order chi connectivity index (χ0) is 12.3. The van der Waals surface area contributed by atoms with Crippen LogP contribution in [-0.2, 0) is 6.42 Å². The van der Waals surface area contributed by atoms with Crippen LogP contribution in [0.2, 0.25) is 0 Å². The van der Waals surface area contributed by atoms with Crippen molar-refractivity contribution >= 4 is 0 Å². The Morgan fingerprint density at radius 2 is 1.94 bits per heavy atom. The first-order valence-electron chi connectivity index (χ1n) is 6.39. The third kappa shape index (κ3) is 3.20. The Morgan fingerprint density at radius 3 is 2.59 bits per heavy atom. The van der Waals surface area contributed by atoms with E-state index in [-0.39, 0.29) is 0 Å². The van der Waals surface area contributed by atoms with Crippen molar-refractivity contribution in [2.75, 3.05) is 32.7 Å². The lowest BCUT2D eigenvalue weighted by atomic mass is 10.0. The molecule has 0 atom stereocenters. The van der Waals surface area contributed by atoms with Gasteiger partial charge in [0.05, 0.1) is 0 Å². The van der Waals surface area contributed by atoms with E-state index in [1.165, 1.54) is 11.1 Å². The molecule has 0 spiro atoms. The smallest absolute Gasteiger partial charge is 0.119 e. The van der Waals surface area contributed by atoms with Crippen LogP contribution in [0.5, 0.6) is 5.75 Å².